The topological polar surface area (TPSA) is 44.8 Å². The van der Waals surface area contributed by atoms with E-state index < -0.39 is 17.7 Å². The third kappa shape index (κ3) is 7.15. The Balaban J connectivity index is 0.00000363. The van der Waals surface area contributed by atoms with Crippen molar-refractivity contribution in [1.82, 2.24) is 15.1 Å². The number of unbranched alkanes of at least 4 members (excludes halogenated alkanes) is 1. The maximum atomic E-state index is 14.4. The highest BCUT2D eigenvalue weighted by molar-refractivity contribution is 5.85. The standard InChI is InChI=1S/C24H31F2N3O2.ClH/c1-2-28(24(30)29-15-12-27-13-16-29)14-6-7-17-31-23(19-8-4-3-5-9-19)21-11-10-20(25)18-22(21)26;/h3-5,8-11,18,23,27H,2,6-7,12-17H2,1H3;1H. The summed E-state index contributed by atoms with van der Waals surface area (Å²) in [6.45, 7) is 6.85. The molecule has 0 saturated carbocycles. The van der Waals surface area contributed by atoms with Crippen LogP contribution in [0.5, 0.6) is 0 Å². The largest absolute Gasteiger partial charge is 0.369 e. The van der Waals surface area contributed by atoms with Gasteiger partial charge < -0.3 is 19.9 Å². The van der Waals surface area contributed by atoms with Gasteiger partial charge in [0.15, 0.2) is 0 Å². The Hall–Kier alpha value is -2.22. The lowest BCUT2D eigenvalue weighted by Gasteiger charge is -2.33. The van der Waals surface area contributed by atoms with Gasteiger partial charge in [0, 0.05) is 57.5 Å². The van der Waals surface area contributed by atoms with E-state index >= 15 is 0 Å². The third-order valence-corrected chi connectivity index (χ3v) is 5.49. The Morgan fingerprint density at radius 2 is 1.84 bits per heavy atom. The van der Waals surface area contributed by atoms with Crippen molar-refractivity contribution in [1.29, 1.82) is 0 Å². The average molecular weight is 468 g/mol. The van der Waals surface area contributed by atoms with Gasteiger partial charge in [-0.2, -0.15) is 0 Å². The maximum Gasteiger partial charge on any atom is 0.320 e. The molecule has 1 unspecified atom stereocenters. The van der Waals surface area contributed by atoms with Gasteiger partial charge in [-0.15, -0.1) is 12.4 Å². The summed E-state index contributed by atoms with van der Waals surface area (Å²) in [6, 6.07) is 13.0. The number of halogens is 3. The van der Waals surface area contributed by atoms with Crippen molar-refractivity contribution in [2.45, 2.75) is 25.9 Å². The van der Waals surface area contributed by atoms with Crippen molar-refractivity contribution in [2.24, 2.45) is 0 Å². The highest BCUT2D eigenvalue weighted by Crippen LogP contribution is 2.28. The van der Waals surface area contributed by atoms with E-state index in [2.05, 4.69) is 5.32 Å². The van der Waals surface area contributed by atoms with E-state index in [1.807, 2.05) is 47.1 Å². The van der Waals surface area contributed by atoms with Crippen LogP contribution in [0.3, 0.4) is 0 Å². The molecule has 1 atom stereocenters. The highest BCUT2D eigenvalue weighted by Gasteiger charge is 2.22. The molecule has 1 aliphatic rings. The number of ether oxygens (including phenoxy) is 1. The number of nitrogens with zero attached hydrogens (tertiary/aromatic N) is 2. The van der Waals surface area contributed by atoms with Gasteiger partial charge in [-0.3, -0.25) is 0 Å². The lowest BCUT2D eigenvalue weighted by atomic mass is 10.0. The summed E-state index contributed by atoms with van der Waals surface area (Å²) in [7, 11) is 0. The smallest absolute Gasteiger partial charge is 0.320 e. The molecular weight excluding hydrogens is 436 g/mol. The first-order chi connectivity index (χ1) is 15.1. The number of carbonyl (C=O) groups is 1. The van der Waals surface area contributed by atoms with E-state index in [0.29, 0.717) is 25.3 Å². The van der Waals surface area contributed by atoms with Crippen molar-refractivity contribution >= 4 is 18.4 Å². The first-order valence-electron chi connectivity index (χ1n) is 11.0. The Morgan fingerprint density at radius 1 is 1.12 bits per heavy atom. The van der Waals surface area contributed by atoms with Crippen LogP contribution in [0.15, 0.2) is 48.5 Å². The van der Waals surface area contributed by atoms with Crippen LogP contribution in [0.2, 0.25) is 0 Å². The van der Waals surface area contributed by atoms with E-state index in [-0.39, 0.29) is 18.4 Å². The summed E-state index contributed by atoms with van der Waals surface area (Å²) >= 11 is 0. The molecule has 0 spiro atoms. The summed E-state index contributed by atoms with van der Waals surface area (Å²) < 4.78 is 33.8. The van der Waals surface area contributed by atoms with Gasteiger partial charge >= 0.3 is 6.03 Å². The molecule has 3 rings (SSSR count). The predicted molar refractivity (Wildman–Crippen MR) is 124 cm³/mol. The zero-order valence-corrected chi connectivity index (χ0v) is 19.3. The molecule has 1 aliphatic heterocycles. The Labute approximate surface area is 195 Å². The number of hydrogen-bond donors (Lipinski definition) is 1. The first-order valence-corrected chi connectivity index (χ1v) is 11.0. The van der Waals surface area contributed by atoms with E-state index in [9.17, 15) is 13.6 Å². The fraction of sp³-hybridized carbons (Fsp3) is 0.458. The Morgan fingerprint density at radius 3 is 2.50 bits per heavy atom. The third-order valence-electron chi connectivity index (χ3n) is 5.49. The SMILES string of the molecule is CCN(CCCCOC(c1ccccc1)c1ccc(F)cc1F)C(=O)N1CCNCC1.Cl. The van der Waals surface area contributed by atoms with Crippen LogP contribution < -0.4 is 5.32 Å². The molecule has 0 radical (unpaired) electrons. The average Bonchev–Trinajstić information content (AvgIpc) is 2.80. The first kappa shape index (κ1) is 26.0. The molecule has 2 aromatic rings. The van der Waals surface area contributed by atoms with Crippen LogP contribution in [-0.4, -0.2) is 61.7 Å². The van der Waals surface area contributed by atoms with Crippen LogP contribution in [-0.2, 0) is 4.74 Å². The van der Waals surface area contributed by atoms with E-state index in [4.69, 9.17) is 4.74 Å². The van der Waals surface area contributed by atoms with Crippen LogP contribution >= 0.6 is 12.4 Å². The second-order valence-corrected chi connectivity index (χ2v) is 7.63. The second kappa shape index (κ2) is 13.4. The van der Waals surface area contributed by atoms with Crippen LogP contribution in [0.4, 0.5) is 13.6 Å². The lowest BCUT2D eigenvalue weighted by molar-refractivity contribution is 0.0728. The van der Waals surface area contributed by atoms with Gasteiger partial charge in [-0.25, -0.2) is 13.6 Å². The predicted octanol–water partition coefficient (Wildman–Crippen LogP) is 4.62. The minimum absolute atomic E-state index is 0. The summed E-state index contributed by atoms with van der Waals surface area (Å²) in [5.74, 6) is -1.23. The number of piperazine rings is 1. The normalized spacial score (nSPS) is 14.5. The van der Waals surface area contributed by atoms with Gasteiger partial charge in [-0.1, -0.05) is 36.4 Å². The molecule has 176 valence electrons. The molecule has 1 N–H and O–H groups in total. The van der Waals surface area contributed by atoms with Crippen LogP contribution in [0.25, 0.3) is 0 Å². The van der Waals surface area contributed by atoms with Gasteiger partial charge in [0.1, 0.15) is 17.7 Å². The monoisotopic (exact) mass is 467 g/mol. The van der Waals surface area contributed by atoms with E-state index in [1.165, 1.54) is 12.1 Å². The second-order valence-electron chi connectivity index (χ2n) is 7.63. The number of benzene rings is 2. The molecule has 2 amide bonds. The highest BCUT2D eigenvalue weighted by atomic mass is 35.5. The van der Waals surface area contributed by atoms with Crippen molar-refractivity contribution < 1.29 is 18.3 Å². The van der Waals surface area contributed by atoms with Crippen molar-refractivity contribution in [3.8, 4) is 0 Å². The van der Waals surface area contributed by atoms with Gasteiger partial charge in [0.25, 0.3) is 0 Å². The Bertz CT molecular complexity index is 835. The fourth-order valence-corrected chi connectivity index (χ4v) is 3.76. The molecule has 1 fully saturated rings. The maximum absolute atomic E-state index is 14.4. The molecule has 1 heterocycles. The summed E-state index contributed by atoms with van der Waals surface area (Å²) in [5, 5.41) is 3.25. The minimum atomic E-state index is -0.618. The van der Waals surface area contributed by atoms with Crippen LogP contribution in [0, 0.1) is 11.6 Å². The number of amides is 2. The number of urea groups is 1. The molecule has 0 bridgehead atoms. The summed E-state index contributed by atoms with van der Waals surface area (Å²) in [4.78, 5) is 16.4. The zero-order chi connectivity index (χ0) is 22.1. The summed E-state index contributed by atoms with van der Waals surface area (Å²) in [5.41, 5.74) is 1.13. The minimum Gasteiger partial charge on any atom is -0.369 e. The molecule has 8 heteroatoms. The quantitative estimate of drug-likeness (QED) is 0.547. The summed E-state index contributed by atoms with van der Waals surface area (Å²) in [6.07, 6.45) is 0.919. The molecular formula is C24H32ClF2N3O2. The van der Waals surface area contributed by atoms with Gasteiger partial charge in [0.05, 0.1) is 0 Å². The zero-order valence-electron chi connectivity index (χ0n) is 18.4. The number of hydrogen-bond acceptors (Lipinski definition) is 3. The molecule has 1 saturated heterocycles. The number of nitrogens with one attached hydrogen (secondary N) is 1. The van der Waals surface area contributed by atoms with E-state index in [1.54, 1.807) is 0 Å². The van der Waals surface area contributed by atoms with Crippen molar-refractivity contribution in [3.63, 3.8) is 0 Å². The lowest BCUT2D eigenvalue weighted by Crippen LogP contribution is -2.51. The van der Waals surface area contributed by atoms with Crippen LogP contribution in [0.1, 0.15) is 37.0 Å². The molecule has 0 aromatic heterocycles. The Kier molecular flexibility index (Phi) is 10.9. The molecule has 2 aromatic carbocycles. The van der Waals surface area contributed by atoms with Crippen molar-refractivity contribution in [3.05, 3.63) is 71.3 Å². The molecule has 0 aliphatic carbocycles. The van der Waals surface area contributed by atoms with Gasteiger partial charge in [-0.05, 0) is 31.4 Å². The fourth-order valence-electron chi connectivity index (χ4n) is 3.76. The number of carbonyl (C=O) groups excluding carboxylic acids is 1. The van der Waals surface area contributed by atoms with Gasteiger partial charge in [0.2, 0.25) is 0 Å². The van der Waals surface area contributed by atoms with Crippen molar-refractivity contribution in [2.75, 3.05) is 45.9 Å². The molecule has 5 nitrogen and oxygen atoms in total. The number of rotatable bonds is 9. The molecule has 32 heavy (non-hydrogen) atoms. The van der Waals surface area contributed by atoms with E-state index in [0.717, 1.165) is 50.7 Å².